The van der Waals surface area contributed by atoms with Gasteiger partial charge in [-0.15, -0.1) is 5.06 Å². The van der Waals surface area contributed by atoms with E-state index in [-0.39, 0.29) is 11.7 Å². The predicted molar refractivity (Wildman–Crippen MR) is 102 cm³/mol. The van der Waals surface area contributed by atoms with Crippen molar-refractivity contribution >= 4 is 22.9 Å². The lowest BCUT2D eigenvalue weighted by atomic mass is 9.92. The van der Waals surface area contributed by atoms with Gasteiger partial charge in [-0.05, 0) is 31.4 Å². The van der Waals surface area contributed by atoms with Crippen molar-refractivity contribution in [1.29, 1.82) is 0 Å². The zero-order valence-electron chi connectivity index (χ0n) is 16.2. The summed E-state index contributed by atoms with van der Waals surface area (Å²) < 4.78 is 18.4. The van der Waals surface area contributed by atoms with Gasteiger partial charge >= 0.3 is 11.9 Å². The number of halogens is 1. The van der Waals surface area contributed by atoms with E-state index in [1.165, 1.54) is 17.2 Å². The number of carbonyl (C=O) groups excluding carboxylic acids is 1. The van der Waals surface area contributed by atoms with E-state index in [2.05, 4.69) is 12.1 Å². The smallest absolute Gasteiger partial charge is 0.349 e. The highest BCUT2D eigenvalue weighted by molar-refractivity contribution is 5.90. The molecule has 29 heavy (non-hydrogen) atoms. The minimum Gasteiger partial charge on any atom is -0.478 e. The number of aliphatic hydroxyl groups excluding tert-OH is 1. The van der Waals surface area contributed by atoms with Crippen LogP contribution in [0.5, 0.6) is 0 Å². The fraction of sp³-hybridized carbons (Fsp3) is 0.450. The Balaban J connectivity index is 0.000000537. The molecule has 0 amide bonds. The van der Waals surface area contributed by atoms with Gasteiger partial charge in [-0.3, -0.25) is 0 Å². The Bertz CT molecular complexity index is 841. The lowest BCUT2D eigenvalue weighted by Crippen LogP contribution is -2.34. The molecule has 1 aromatic heterocycles. The quantitative estimate of drug-likeness (QED) is 0.702. The second kappa shape index (κ2) is 11.3. The minimum absolute atomic E-state index is 0.126. The number of carbonyl (C=O) groups is 2. The van der Waals surface area contributed by atoms with E-state index in [1.807, 2.05) is 0 Å². The van der Waals surface area contributed by atoms with Crippen molar-refractivity contribution in [3.05, 3.63) is 41.9 Å². The molecule has 1 saturated heterocycles. The first-order chi connectivity index (χ1) is 13.9. The average Bonchev–Trinajstić information content (AvgIpc) is 3.11. The summed E-state index contributed by atoms with van der Waals surface area (Å²) in [6.07, 6.45) is 5.02. The van der Waals surface area contributed by atoms with Crippen LogP contribution in [-0.2, 0) is 14.4 Å². The molecule has 0 atom stereocenters. The van der Waals surface area contributed by atoms with E-state index in [9.17, 15) is 14.0 Å². The van der Waals surface area contributed by atoms with Crippen molar-refractivity contribution in [2.24, 2.45) is 0 Å². The minimum atomic E-state index is -1.21. The summed E-state index contributed by atoms with van der Waals surface area (Å²) in [5.74, 6) is -2.18. The summed E-state index contributed by atoms with van der Waals surface area (Å²) in [4.78, 5) is 26.9. The molecule has 0 bridgehead atoms. The molecule has 3 rings (SSSR count). The Morgan fingerprint density at radius 2 is 2.07 bits per heavy atom. The summed E-state index contributed by atoms with van der Waals surface area (Å²) in [7, 11) is 0. The van der Waals surface area contributed by atoms with Crippen molar-refractivity contribution < 1.29 is 33.6 Å². The predicted octanol–water partition coefficient (Wildman–Crippen LogP) is 3.02. The van der Waals surface area contributed by atoms with Gasteiger partial charge in [0.15, 0.2) is 5.58 Å². The molecule has 8 nitrogen and oxygen atoms in total. The number of carboxylic acids is 1. The average molecular weight is 408 g/mol. The number of nitrogens with zero attached hydrogens (tertiary/aromatic N) is 2. The molecule has 0 saturated carbocycles. The third-order valence-electron chi connectivity index (χ3n) is 4.40. The number of hydrogen-bond donors (Lipinski definition) is 2. The molecule has 2 N–H and O–H groups in total. The molecule has 2 aromatic rings. The number of hydroxylamine groups is 2. The number of aliphatic carboxylic acids is 1. The van der Waals surface area contributed by atoms with Crippen molar-refractivity contribution in [3.8, 4) is 0 Å². The Morgan fingerprint density at radius 3 is 2.66 bits per heavy atom. The fourth-order valence-electron chi connectivity index (χ4n) is 2.90. The van der Waals surface area contributed by atoms with Crippen LogP contribution in [-0.4, -0.2) is 52.1 Å². The second-order valence-electron chi connectivity index (χ2n) is 6.57. The summed E-state index contributed by atoms with van der Waals surface area (Å²) in [5.41, 5.74) is 1.19. The molecule has 9 heteroatoms. The van der Waals surface area contributed by atoms with Crippen LogP contribution in [0, 0.1) is 5.82 Å². The van der Waals surface area contributed by atoms with Gasteiger partial charge in [0.2, 0.25) is 0 Å². The van der Waals surface area contributed by atoms with Crippen LogP contribution in [0.15, 0.2) is 34.9 Å². The molecule has 0 aliphatic carbocycles. The lowest BCUT2D eigenvalue weighted by Gasteiger charge is -2.29. The van der Waals surface area contributed by atoms with Gasteiger partial charge in [0.25, 0.3) is 0 Å². The zero-order chi connectivity index (χ0) is 21.2. The summed E-state index contributed by atoms with van der Waals surface area (Å²) in [6.45, 7) is 3.38. The van der Waals surface area contributed by atoms with E-state index in [0.717, 1.165) is 36.1 Å². The molecule has 1 fully saturated rings. The topological polar surface area (TPSA) is 113 Å². The fourth-order valence-corrected chi connectivity index (χ4v) is 2.90. The molecule has 0 spiro atoms. The first kappa shape index (κ1) is 22.5. The monoisotopic (exact) mass is 408 g/mol. The third-order valence-corrected chi connectivity index (χ3v) is 4.40. The lowest BCUT2D eigenvalue weighted by molar-refractivity contribution is -0.189. The number of carboxylic acid groups (broad SMARTS) is 1. The van der Waals surface area contributed by atoms with E-state index < -0.39 is 11.9 Å². The SMILES string of the molecule is CCCCO.O=C(O)/C=C/C(=O)ON1CCC(c2noc3cc(F)ccc23)CC1. The van der Waals surface area contributed by atoms with Gasteiger partial charge in [0.05, 0.1) is 5.69 Å². The van der Waals surface area contributed by atoms with Crippen molar-refractivity contribution in [3.63, 3.8) is 0 Å². The van der Waals surface area contributed by atoms with Crippen LogP contribution in [0.3, 0.4) is 0 Å². The molecule has 0 radical (unpaired) electrons. The van der Waals surface area contributed by atoms with Crippen molar-refractivity contribution in [2.45, 2.75) is 38.5 Å². The number of rotatable bonds is 6. The molecule has 1 aliphatic heterocycles. The van der Waals surface area contributed by atoms with Crippen LogP contribution in [0.25, 0.3) is 11.0 Å². The number of aromatic nitrogens is 1. The number of piperidine rings is 1. The Labute approximate surface area is 167 Å². The van der Waals surface area contributed by atoms with E-state index >= 15 is 0 Å². The number of aliphatic hydroxyl groups is 1. The van der Waals surface area contributed by atoms with E-state index in [4.69, 9.17) is 19.6 Å². The third kappa shape index (κ3) is 6.95. The van der Waals surface area contributed by atoms with Crippen LogP contribution >= 0.6 is 0 Å². The number of unbranched alkanes of at least 4 members (excludes halogenated alkanes) is 1. The highest BCUT2D eigenvalue weighted by atomic mass is 19.1. The van der Waals surface area contributed by atoms with Crippen LogP contribution in [0.2, 0.25) is 0 Å². The second-order valence-corrected chi connectivity index (χ2v) is 6.57. The molecule has 1 aliphatic rings. The molecular weight excluding hydrogens is 383 g/mol. The van der Waals surface area contributed by atoms with Crippen molar-refractivity contribution in [1.82, 2.24) is 10.2 Å². The molecule has 2 heterocycles. The van der Waals surface area contributed by atoms with Gasteiger partial charge in [-0.1, -0.05) is 18.5 Å². The number of benzene rings is 1. The van der Waals surface area contributed by atoms with Crippen LogP contribution in [0.1, 0.15) is 44.2 Å². The van der Waals surface area contributed by atoms with Crippen LogP contribution in [0.4, 0.5) is 4.39 Å². The largest absolute Gasteiger partial charge is 0.478 e. The summed E-state index contributed by atoms with van der Waals surface area (Å²) in [6, 6.07) is 4.33. The zero-order valence-corrected chi connectivity index (χ0v) is 16.2. The van der Waals surface area contributed by atoms with Crippen molar-refractivity contribution in [2.75, 3.05) is 19.7 Å². The molecular formula is C20H25FN2O6. The van der Waals surface area contributed by atoms with Crippen LogP contribution < -0.4 is 0 Å². The van der Waals surface area contributed by atoms with Gasteiger partial charge in [0.1, 0.15) is 5.82 Å². The van der Waals surface area contributed by atoms with Gasteiger partial charge in [-0.2, -0.15) is 0 Å². The van der Waals surface area contributed by atoms with Gasteiger partial charge in [0, 0.05) is 49.2 Å². The molecule has 158 valence electrons. The number of fused-ring (bicyclic) bond motifs is 1. The van der Waals surface area contributed by atoms with E-state index in [0.29, 0.717) is 38.1 Å². The Morgan fingerprint density at radius 1 is 1.34 bits per heavy atom. The molecule has 1 aromatic carbocycles. The maximum Gasteiger partial charge on any atom is 0.349 e. The van der Waals surface area contributed by atoms with Gasteiger partial charge in [-0.25, -0.2) is 14.0 Å². The van der Waals surface area contributed by atoms with E-state index in [1.54, 1.807) is 6.07 Å². The normalized spacial score (nSPS) is 15.3. The summed E-state index contributed by atoms with van der Waals surface area (Å²) >= 11 is 0. The standard InChI is InChI=1S/C16H15FN2O5.C4H10O/c17-11-1-2-12-13(9-11)23-18-16(12)10-5-7-19(8-6-10)24-15(22)4-3-14(20)21;1-2-3-4-5/h1-4,9-10H,5-8H2,(H,20,21);5H,2-4H2,1H3/b4-3+;. The molecule has 0 unspecified atom stereocenters. The maximum absolute atomic E-state index is 13.2. The maximum atomic E-state index is 13.2. The highest BCUT2D eigenvalue weighted by Gasteiger charge is 2.26. The Kier molecular flexibility index (Phi) is 8.75. The number of hydrogen-bond acceptors (Lipinski definition) is 7. The first-order valence-electron chi connectivity index (χ1n) is 9.48. The first-order valence-corrected chi connectivity index (χ1v) is 9.48. The van der Waals surface area contributed by atoms with Gasteiger partial charge < -0.3 is 19.6 Å². The Hall–Kier alpha value is -2.78. The summed E-state index contributed by atoms with van der Waals surface area (Å²) in [5, 5.41) is 22.9. The highest BCUT2D eigenvalue weighted by Crippen LogP contribution is 2.32.